The zero-order chi connectivity index (χ0) is 23.6. The molecule has 0 bridgehead atoms. The van der Waals surface area contributed by atoms with Crippen molar-refractivity contribution < 1.29 is 29.6 Å². The number of phenols is 3. The van der Waals surface area contributed by atoms with Crippen LogP contribution in [0.3, 0.4) is 0 Å². The number of hydrogen-bond donors (Lipinski definition) is 3. The lowest BCUT2D eigenvalue weighted by Gasteiger charge is -2.29. The van der Waals surface area contributed by atoms with Gasteiger partial charge in [-0.25, -0.2) is 0 Å². The van der Waals surface area contributed by atoms with Crippen molar-refractivity contribution in [3.63, 3.8) is 0 Å². The first-order valence-electron chi connectivity index (χ1n) is 10.6. The Morgan fingerprint density at radius 1 is 1.03 bits per heavy atom. The van der Waals surface area contributed by atoms with Crippen molar-refractivity contribution in [2.45, 2.75) is 53.1 Å². The second-order valence-corrected chi connectivity index (χ2v) is 8.49. The predicted octanol–water partition coefficient (Wildman–Crippen LogP) is 5.54. The highest BCUT2D eigenvalue weighted by atomic mass is 16.5. The Morgan fingerprint density at radius 2 is 1.66 bits per heavy atom. The highest BCUT2D eigenvalue weighted by molar-refractivity contribution is 6.03. The Morgan fingerprint density at radius 3 is 2.25 bits per heavy atom. The smallest absolute Gasteiger partial charge is 0.174 e. The minimum atomic E-state index is -0.671. The molecule has 0 fully saturated rings. The molecule has 0 aliphatic carbocycles. The van der Waals surface area contributed by atoms with Crippen LogP contribution in [0.15, 0.2) is 41.5 Å². The molecule has 0 amide bonds. The fourth-order valence-electron chi connectivity index (χ4n) is 3.80. The second-order valence-electron chi connectivity index (χ2n) is 8.49. The van der Waals surface area contributed by atoms with Crippen molar-refractivity contribution in [1.82, 2.24) is 0 Å². The molecule has 0 saturated heterocycles. The Labute approximate surface area is 188 Å². The molecule has 0 spiro atoms. The molecule has 2 aromatic carbocycles. The fourth-order valence-corrected chi connectivity index (χ4v) is 3.80. The zero-order valence-electron chi connectivity index (χ0n) is 19.2. The lowest BCUT2D eigenvalue weighted by atomic mass is 9.89. The quantitative estimate of drug-likeness (QED) is 0.513. The fraction of sp³-hybridized carbons (Fsp3) is 0.346. The first kappa shape index (κ1) is 23.3. The summed E-state index contributed by atoms with van der Waals surface area (Å²) in [5, 5.41) is 31.9. The van der Waals surface area contributed by atoms with Gasteiger partial charge in [-0.15, -0.1) is 0 Å². The number of benzene rings is 2. The summed E-state index contributed by atoms with van der Waals surface area (Å²) in [5.41, 5.74) is 3.77. The number of ketones is 1. The molecule has 1 unspecified atom stereocenters. The van der Waals surface area contributed by atoms with Crippen LogP contribution in [-0.4, -0.2) is 28.2 Å². The highest BCUT2D eigenvalue weighted by Gasteiger charge is 2.34. The number of methoxy groups -OCH3 is 1. The van der Waals surface area contributed by atoms with Gasteiger partial charge in [0.15, 0.2) is 17.3 Å². The van der Waals surface area contributed by atoms with Gasteiger partial charge in [-0.05, 0) is 46.6 Å². The lowest BCUT2D eigenvalue weighted by Crippen LogP contribution is -2.22. The average molecular weight is 439 g/mol. The molecule has 1 atom stereocenters. The molecule has 0 aromatic heterocycles. The van der Waals surface area contributed by atoms with Crippen LogP contribution >= 0.6 is 0 Å². The van der Waals surface area contributed by atoms with Crippen LogP contribution in [0.5, 0.6) is 28.7 Å². The number of allylic oxidation sites excluding steroid dienone is 4. The Balaban J connectivity index is 2.05. The number of phenolic OH excluding ortho intramolecular Hbond substituents is 3. The summed E-state index contributed by atoms with van der Waals surface area (Å²) in [6, 6.07) is 4.79. The molecule has 1 aliphatic rings. The first-order chi connectivity index (χ1) is 15.1. The molecular formula is C26H30O6. The maximum absolute atomic E-state index is 13.0. The topological polar surface area (TPSA) is 96.2 Å². The first-order valence-corrected chi connectivity index (χ1v) is 10.6. The largest absolute Gasteiger partial charge is 0.507 e. The van der Waals surface area contributed by atoms with Crippen molar-refractivity contribution in [3.05, 3.63) is 63.8 Å². The van der Waals surface area contributed by atoms with E-state index in [0.717, 1.165) is 11.1 Å². The standard InChI is InChI=1S/C26H30O6/c1-14(2)6-8-17-16(10-11-21(31-5)25(17)29)22-13-20(28)24-23(32-22)12-19(27)18(26(24)30)9-7-15(3)4/h6-7,10-12,22,27,29-30H,8-9,13H2,1-5H3. The van der Waals surface area contributed by atoms with E-state index >= 15 is 0 Å². The van der Waals surface area contributed by atoms with Crippen molar-refractivity contribution in [3.8, 4) is 28.7 Å². The lowest BCUT2D eigenvalue weighted by molar-refractivity contribution is 0.0843. The van der Waals surface area contributed by atoms with Crippen LogP contribution < -0.4 is 9.47 Å². The third-order valence-electron chi connectivity index (χ3n) is 5.54. The number of carbonyl (C=O) groups is 1. The summed E-state index contributed by atoms with van der Waals surface area (Å²) >= 11 is 0. The number of Topliss-reactive ketones (excluding diaryl/α,β-unsaturated/α-hetero) is 1. The molecule has 32 heavy (non-hydrogen) atoms. The number of fused-ring (bicyclic) bond motifs is 1. The average Bonchev–Trinajstić information content (AvgIpc) is 2.71. The number of hydrogen-bond acceptors (Lipinski definition) is 6. The van der Waals surface area contributed by atoms with Gasteiger partial charge >= 0.3 is 0 Å². The van der Waals surface area contributed by atoms with Crippen molar-refractivity contribution in [2.24, 2.45) is 0 Å². The van der Waals surface area contributed by atoms with Gasteiger partial charge < -0.3 is 24.8 Å². The minimum absolute atomic E-state index is 0.00100. The summed E-state index contributed by atoms with van der Waals surface area (Å²) in [6.07, 6.45) is 3.93. The molecule has 2 aromatic rings. The molecule has 6 heteroatoms. The summed E-state index contributed by atoms with van der Waals surface area (Å²) in [7, 11) is 1.48. The van der Waals surface area contributed by atoms with Crippen molar-refractivity contribution in [2.75, 3.05) is 7.11 Å². The number of ether oxygens (including phenoxy) is 2. The monoisotopic (exact) mass is 438 g/mol. The van der Waals surface area contributed by atoms with Crippen LogP contribution in [0.1, 0.15) is 67.3 Å². The van der Waals surface area contributed by atoms with E-state index in [-0.39, 0.29) is 40.8 Å². The third-order valence-corrected chi connectivity index (χ3v) is 5.54. The summed E-state index contributed by atoms with van der Waals surface area (Å²) in [4.78, 5) is 13.0. The van der Waals surface area contributed by atoms with Gasteiger partial charge in [0, 0.05) is 22.8 Å². The van der Waals surface area contributed by atoms with E-state index in [2.05, 4.69) is 0 Å². The van der Waals surface area contributed by atoms with Crippen LogP contribution in [0.25, 0.3) is 0 Å². The van der Waals surface area contributed by atoms with E-state index in [9.17, 15) is 20.1 Å². The molecule has 1 heterocycles. The second kappa shape index (κ2) is 9.39. The summed E-state index contributed by atoms with van der Waals surface area (Å²) in [5.74, 6) is -0.182. The van der Waals surface area contributed by atoms with E-state index in [1.54, 1.807) is 12.1 Å². The molecule has 6 nitrogen and oxygen atoms in total. The Bertz CT molecular complexity index is 1100. The van der Waals surface area contributed by atoms with Gasteiger partial charge in [-0.3, -0.25) is 4.79 Å². The SMILES string of the molecule is COc1ccc(C2CC(=O)c3c(cc(O)c(CC=C(C)C)c3O)O2)c(CC=C(C)C)c1O. The maximum Gasteiger partial charge on any atom is 0.174 e. The summed E-state index contributed by atoms with van der Waals surface area (Å²) in [6.45, 7) is 7.77. The van der Waals surface area contributed by atoms with Gasteiger partial charge in [-0.1, -0.05) is 29.4 Å². The summed E-state index contributed by atoms with van der Waals surface area (Å²) < 4.78 is 11.3. The number of aromatic hydroxyl groups is 3. The normalized spacial score (nSPS) is 14.9. The van der Waals surface area contributed by atoms with Gasteiger partial charge in [0.2, 0.25) is 0 Å². The maximum atomic E-state index is 13.0. The van der Waals surface area contributed by atoms with Crippen LogP contribution in [0.2, 0.25) is 0 Å². The van der Waals surface area contributed by atoms with E-state index in [0.29, 0.717) is 35.3 Å². The molecule has 1 aliphatic heterocycles. The van der Waals surface area contributed by atoms with Crippen LogP contribution in [0.4, 0.5) is 0 Å². The predicted molar refractivity (Wildman–Crippen MR) is 123 cm³/mol. The van der Waals surface area contributed by atoms with Gasteiger partial charge in [0.25, 0.3) is 0 Å². The number of rotatable bonds is 6. The van der Waals surface area contributed by atoms with Gasteiger partial charge in [0.1, 0.15) is 28.9 Å². The molecule has 0 radical (unpaired) electrons. The van der Waals surface area contributed by atoms with E-state index in [1.165, 1.54) is 13.2 Å². The van der Waals surface area contributed by atoms with E-state index in [4.69, 9.17) is 9.47 Å². The van der Waals surface area contributed by atoms with E-state index < -0.39 is 6.10 Å². The van der Waals surface area contributed by atoms with Crippen LogP contribution in [0, 0.1) is 0 Å². The molecule has 3 rings (SSSR count). The van der Waals surface area contributed by atoms with Crippen molar-refractivity contribution in [1.29, 1.82) is 0 Å². The van der Waals surface area contributed by atoms with Gasteiger partial charge in [0.05, 0.1) is 13.5 Å². The Hall–Kier alpha value is -3.41. The van der Waals surface area contributed by atoms with E-state index in [1.807, 2.05) is 39.8 Å². The van der Waals surface area contributed by atoms with Crippen molar-refractivity contribution >= 4 is 5.78 Å². The molecule has 0 saturated carbocycles. The number of carbonyl (C=O) groups excluding carboxylic acids is 1. The minimum Gasteiger partial charge on any atom is -0.507 e. The molecule has 170 valence electrons. The van der Waals surface area contributed by atoms with Gasteiger partial charge in [-0.2, -0.15) is 0 Å². The zero-order valence-corrected chi connectivity index (χ0v) is 19.2. The van der Waals surface area contributed by atoms with Crippen LogP contribution in [-0.2, 0) is 12.8 Å². The molecule has 3 N–H and O–H groups in total. The highest BCUT2D eigenvalue weighted by Crippen LogP contribution is 2.46. The third kappa shape index (κ3) is 4.59. The molecular weight excluding hydrogens is 408 g/mol. The Kier molecular flexibility index (Phi) is 6.82.